The van der Waals surface area contributed by atoms with E-state index in [1.165, 1.54) is 11.1 Å². The smallest absolute Gasteiger partial charge is 0.0355 e. The van der Waals surface area contributed by atoms with Gasteiger partial charge in [-0.2, -0.15) is 0 Å². The number of aryl methyl sites for hydroxylation is 1. The van der Waals surface area contributed by atoms with Gasteiger partial charge in [0.05, 0.1) is 0 Å². The molecule has 0 atom stereocenters. The van der Waals surface area contributed by atoms with Crippen LogP contribution in [-0.4, -0.2) is 17.7 Å². The van der Waals surface area contributed by atoms with Gasteiger partial charge in [-0.1, -0.05) is 24.3 Å². The molecule has 0 spiro atoms. The maximum atomic E-state index is 7.00. The van der Waals surface area contributed by atoms with Crippen LogP contribution in [0.15, 0.2) is 24.3 Å². The summed E-state index contributed by atoms with van der Waals surface area (Å²) in [6.07, 6.45) is 0. The monoisotopic (exact) mass is 199 g/mol. The topological polar surface area (TPSA) is 77.8 Å². The second-order valence-corrected chi connectivity index (χ2v) is 3.54. The van der Waals surface area contributed by atoms with Crippen molar-refractivity contribution in [1.82, 2.24) is 0 Å². The molecule has 0 amide bonds. The molecule has 3 heteroatoms. The van der Waals surface area contributed by atoms with E-state index in [2.05, 4.69) is 19.1 Å². The zero-order valence-electron chi connectivity index (χ0n) is 9.33. The molecule has 0 radical (unpaired) electrons. The Kier molecular flexibility index (Phi) is 7.27. The Bertz CT molecular complexity index is 254. The van der Waals surface area contributed by atoms with Crippen molar-refractivity contribution in [3.63, 3.8) is 0 Å². The number of hydrogen-bond acceptors (Lipinski definition) is 2. The van der Waals surface area contributed by atoms with Crippen LogP contribution in [0.2, 0.25) is 0 Å². The van der Waals surface area contributed by atoms with Crippen LogP contribution in [0.3, 0.4) is 0 Å². The largest absolute Gasteiger partial charge is 0.412 e. The number of aliphatic hydroxyl groups excluding tert-OH is 1. The van der Waals surface area contributed by atoms with Crippen molar-refractivity contribution in [1.29, 1.82) is 0 Å². The first-order valence-corrected chi connectivity index (χ1v) is 4.31. The molecule has 0 saturated heterocycles. The second kappa shape index (κ2) is 6.54. The van der Waals surface area contributed by atoms with E-state index in [-0.39, 0.29) is 11.0 Å². The first-order valence-electron chi connectivity index (χ1n) is 4.31. The zero-order chi connectivity index (χ0) is 10.5. The van der Waals surface area contributed by atoms with Crippen molar-refractivity contribution in [3.8, 4) is 0 Å². The van der Waals surface area contributed by atoms with Crippen LogP contribution in [0.5, 0.6) is 0 Å². The Balaban J connectivity index is 0. The lowest BCUT2D eigenvalue weighted by atomic mass is 9.92. The Morgan fingerprint density at radius 1 is 1.14 bits per heavy atom. The van der Waals surface area contributed by atoms with E-state index in [9.17, 15) is 0 Å². The normalized spacial score (nSPS) is 9.57. The molecule has 82 valence electrons. The van der Waals surface area contributed by atoms with Gasteiger partial charge < -0.3 is 16.3 Å². The van der Waals surface area contributed by atoms with Crippen molar-refractivity contribution in [3.05, 3.63) is 35.4 Å². The van der Waals surface area contributed by atoms with E-state index >= 15 is 0 Å². The Labute approximate surface area is 85.9 Å². The minimum Gasteiger partial charge on any atom is -0.412 e. The average Bonchev–Trinajstić information content (AvgIpc) is 2.07. The summed E-state index contributed by atoms with van der Waals surface area (Å²) in [5.41, 5.74) is 8.23. The summed E-state index contributed by atoms with van der Waals surface area (Å²) >= 11 is 0. The van der Waals surface area contributed by atoms with Crippen LogP contribution in [0, 0.1) is 6.92 Å². The van der Waals surface area contributed by atoms with Crippen molar-refractivity contribution >= 4 is 0 Å². The van der Waals surface area contributed by atoms with Gasteiger partial charge in [-0.25, -0.2) is 0 Å². The zero-order valence-corrected chi connectivity index (χ0v) is 9.33. The van der Waals surface area contributed by atoms with Gasteiger partial charge in [0.15, 0.2) is 0 Å². The summed E-state index contributed by atoms with van der Waals surface area (Å²) < 4.78 is 0. The molecule has 0 saturated carbocycles. The molecule has 3 nitrogen and oxygen atoms in total. The van der Waals surface area contributed by atoms with Crippen LogP contribution in [-0.2, 0) is 5.54 Å². The molecule has 0 aromatic heterocycles. The third-order valence-corrected chi connectivity index (χ3v) is 1.84. The number of rotatable bonds is 1. The highest BCUT2D eigenvalue weighted by Gasteiger charge is 2.14. The summed E-state index contributed by atoms with van der Waals surface area (Å²) in [5.74, 6) is 0. The Hall–Kier alpha value is -0.900. The third-order valence-electron chi connectivity index (χ3n) is 1.84. The fourth-order valence-electron chi connectivity index (χ4n) is 1.30. The Morgan fingerprint density at radius 3 is 1.86 bits per heavy atom. The van der Waals surface area contributed by atoms with Gasteiger partial charge in [0.1, 0.15) is 0 Å². The molecule has 0 aliphatic rings. The minimum absolute atomic E-state index is 0. The minimum atomic E-state index is -0.217. The SMILES string of the molecule is CO.Cc1ccccc1C(C)(C)N.O. The van der Waals surface area contributed by atoms with E-state index < -0.39 is 0 Å². The lowest BCUT2D eigenvalue weighted by Crippen LogP contribution is -2.29. The van der Waals surface area contributed by atoms with E-state index in [1.54, 1.807) is 0 Å². The molecule has 5 N–H and O–H groups in total. The molecule has 0 heterocycles. The second-order valence-electron chi connectivity index (χ2n) is 3.54. The van der Waals surface area contributed by atoms with Crippen LogP contribution < -0.4 is 5.73 Å². The standard InChI is InChI=1S/C10H15N.CH4O.H2O/c1-8-6-4-5-7-9(8)10(2,3)11;1-2;/h4-7H,11H2,1-3H3;2H,1H3;1H2. The molecule has 0 aliphatic carbocycles. The van der Waals surface area contributed by atoms with Crippen molar-refractivity contribution in [2.75, 3.05) is 7.11 Å². The molecule has 0 unspecified atom stereocenters. The van der Waals surface area contributed by atoms with Crippen LogP contribution in [0.4, 0.5) is 0 Å². The van der Waals surface area contributed by atoms with Crippen molar-refractivity contribution in [2.24, 2.45) is 5.73 Å². The summed E-state index contributed by atoms with van der Waals surface area (Å²) in [6, 6.07) is 8.22. The molecular weight excluding hydrogens is 178 g/mol. The highest BCUT2D eigenvalue weighted by molar-refractivity contribution is 5.30. The fraction of sp³-hybridized carbons (Fsp3) is 0.455. The van der Waals surface area contributed by atoms with Crippen LogP contribution in [0.25, 0.3) is 0 Å². The van der Waals surface area contributed by atoms with Crippen molar-refractivity contribution < 1.29 is 10.6 Å². The predicted molar refractivity (Wildman–Crippen MR) is 60.1 cm³/mol. The summed E-state index contributed by atoms with van der Waals surface area (Å²) in [5, 5.41) is 7.00. The van der Waals surface area contributed by atoms with Gasteiger partial charge in [0.25, 0.3) is 0 Å². The first kappa shape index (κ1) is 15.6. The molecule has 0 fully saturated rings. The number of hydrogen-bond donors (Lipinski definition) is 2. The summed E-state index contributed by atoms with van der Waals surface area (Å²) in [4.78, 5) is 0. The molecule has 1 rings (SSSR count). The maximum absolute atomic E-state index is 7.00. The van der Waals surface area contributed by atoms with Gasteiger partial charge in [-0.15, -0.1) is 0 Å². The van der Waals surface area contributed by atoms with E-state index in [0.717, 1.165) is 7.11 Å². The van der Waals surface area contributed by atoms with Gasteiger partial charge in [-0.05, 0) is 31.9 Å². The molecule has 0 bridgehead atoms. The number of benzene rings is 1. The van der Waals surface area contributed by atoms with Crippen molar-refractivity contribution in [2.45, 2.75) is 26.3 Å². The summed E-state index contributed by atoms with van der Waals surface area (Å²) in [6.45, 7) is 6.13. The van der Waals surface area contributed by atoms with E-state index in [1.807, 2.05) is 26.0 Å². The maximum Gasteiger partial charge on any atom is 0.0355 e. The van der Waals surface area contributed by atoms with E-state index in [0.29, 0.717) is 0 Å². The van der Waals surface area contributed by atoms with Gasteiger partial charge >= 0.3 is 0 Å². The predicted octanol–water partition coefficient (Wildman–Crippen LogP) is 0.973. The number of nitrogens with two attached hydrogens (primary N) is 1. The molecular formula is C11H21NO2. The number of aliphatic hydroxyl groups is 1. The fourth-order valence-corrected chi connectivity index (χ4v) is 1.30. The summed E-state index contributed by atoms with van der Waals surface area (Å²) in [7, 11) is 1.00. The third kappa shape index (κ3) is 4.37. The average molecular weight is 199 g/mol. The van der Waals surface area contributed by atoms with Crippen LogP contribution in [0.1, 0.15) is 25.0 Å². The van der Waals surface area contributed by atoms with Gasteiger partial charge in [0.2, 0.25) is 0 Å². The first-order chi connectivity index (χ1) is 6.02. The van der Waals surface area contributed by atoms with E-state index in [4.69, 9.17) is 10.8 Å². The lowest BCUT2D eigenvalue weighted by Gasteiger charge is -2.21. The molecule has 1 aromatic carbocycles. The molecule has 1 aromatic rings. The molecule has 0 aliphatic heterocycles. The quantitative estimate of drug-likeness (QED) is 0.707. The molecule has 14 heavy (non-hydrogen) atoms. The lowest BCUT2D eigenvalue weighted by molar-refractivity contribution is 0.399. The Morgan fingerprint density at radius 2 is 1.57 bits per heavy atom. The van der Waals surface area contributed by atoms with Gasteiger partial charge in [-0.3, -0.25) is 0 Å². The highest BCUT2D eigenvalue weighted by Crippen LogP contribution is 2.19. The van der Waals surface area contributed by atoms with Crippen LogP contribution >= 0.6 is 0 Å². The highest BCUT2D eigenvalue weighted by atomic mass is 16.2. The van der Waals surface area contributed by atoms with Gasteiger partial charge in [0, 0.05) is 12.6 Å².